The van der Waals surface area contributed by atoms with Gasteiger partial charge in [-0.3, -0.25) is 4.79 Å². The van der Waals surface area contributed by atoms with Gasteiger partial charge in [-0.2, -0.15) is 0 Å². The molecule has 0 aliphatic carbocycles. The molecule has 2 aromatic rings. The molecule has 4 nitrogen and oxygen atoms in total. The Balaban J connectivity index is 1.74. The number of hydrogen-bond acceptors (Lipinski definition) is 4. The van der Waals surface area contributed by atoms with Crippen molar-refractivity contribution in [1.29, 1.82) is 0 Å². The molecule has 0 spiro atoms. The second kappa shape index (κ2) is 5.79. The first-order valence-electron chi connectivity index (χ1n) is 6.14. The van der Waals surface area contributed by atoms with Crippen molar-refractivity contribution in [3.8, 4) is 5.75 Å². The fourth-order valence-corrected chi connectivity index (χ4v) is 2.55. The van der Waals surface area contributed by atoms with Crippen LogP contribution in [0.3, 0.4) is 0 Å². The number of hydrogen-bond donors (Lipinski definition) is 1. The molecule has 20 heavy (non-hydrogen) atoms. The highest BCUT2D eigenvalue weighted by atomic mass is 32.2. The van der Waals surface area contributed by atoms with Crippen LogP contribution in [0.15, 0.2) is 64.6 Å². The number of rotatable bonds is 3. The number of carbonyl (C=O) groups excluding carboxylic acids is 1. The van der Waals surface area contributed by atoms with Crippen LogP contribution in [0.1, 0.15) is 10.4 Å². The highest BCUT2D eigenvalue weighted by molar-refractivity contribution is 8.00. The molecule has 100 valence electrons. The van der Waals surface area contributed by atoms with Crippen LogP contribution >= 0.6 is 11.8 Å². The van der Waals surface area contributed by atoms with Gasteiger partial charge >= 0.3 is 0 Å². The molecule has 0 saturated carbocycles. The lowest BCUT2D eigenvalue weighted by Gasteiger charge is -2.07. The van der Waals surface area contributed by atoms with Crippen molar-refractivity contribution in [1.82, 2.24) is 5.43 Å². The molecule has 3 rings (SSSR count). The van der Waals surface area contributed by atoms with E-state index in [2.05, 4.69) is 10.5 Å². The van der Waals surface area contributed by atoms with Gasteiger partial charge in [-0.1, -0.05) is 30.3 Å². The van der Waals surface area contributed by atoms with Gasteiger partial charge in [0.1, 0.15) is 5.75 Å². The Kier molecular flexibility index (Phi) is 3.69. The second-order valence-corrected chi connectivity index (χ2v) is 5.20. The first-order valence-corrected chi connectivity index (χ1v) is 7.13. The van der Waals surface area contributed by atoms with Gasteiger partial charge in [0, 0.05) is 4.90 Å². The SMILES string of the molecule is O=C1NN=C(CSc2ccccc2)Oc2ccccc21. The summed E-state index contributed by atoms with van der Waals surface area (Å²) in [6.07, 6.45) is 0. The van der Waals surface area contributed by atoms with E-state index in [1.165, 1.54) is 0 Å². The zero-order chi connectivity index (χ0) is 13.8. The predicted octanol–water partition coefficient (Wildman–Crippen LogP) is 2.91. The number of thioether (sulfide) groups is 1. The number of hydrazone groups is 1. The quantitative estimate of drug-likeness (QED) is 0.882. The third-order valence-corrected chi connectivity index (χ3v) is 3.74. The van der Waals surface area contributed by atoms with Gasteiger partial charge in [-0.05, 0) is 24.3 Å². The van der Waals surface area contributed by atoms with E-state index in [0.717, 1.165) is 4.90 Å². The first-order chi connectivity index (χ1) is 9.83. The lowest BCUT2D eigenvalue weighted by atomic mass is 10.2. The molecule has 1 aliphatic heterocycles. The van der Waals surface area contributed by atoms with Crippen LogP contribution in [0, 0.1) is 0 Å². The van der Waals surface area contributed by atoms with Crippen molar-refractivity contribution >= 4 is 23.6 Å². The smallest absolute Gasteiger partial charge is 0.275 e. The van der Waals surface area contributed by atoms with Gasteiger partial charge in [-0.25, -0.2) is 5.43 Å². The zero-order valence-corrected chi connectivity index (χ0v) is 11.4. The number of ether oxygens (including phenoxy) is 1. The number of benzene rings is 2. The summed E-state index contributed by atoms with van der Waals surface area (Å²) in [5.41, 5.74) is 2.99. The lowest BCUT2D eigenvalue weighted by Crippen LogP contribution is -2.18. The van der Waals surface area contributed by atoms with Crippen molar-refractivity contribution in [2.24, 2.45) is 5.10 Å². The average Bonchev–Trinajstić information content (AvgIpc) is 2.66. The van der Waals surface area contributed by atoms with Crippen molar-refractivity contribution in [2.45, 2.75) is 4.90 Å². The number of amides is 1. The van der Waals surface area contributed by atoms with E-state index < -0.39 is 0 Å². The van der Waals surface area contributed by atoms with Crippen LogP contribution in [-0.2, 0) is 0 Å². The van der Waals surface area contributed by atoms with Gasteiger partial charge < -0.3 is 4.74 Å². The molecule has 0 saturated heterocycles. The van der Waals surface area contributed by atoms with E-state index in [-0.39, 0.29) is 5.91 Å². The van der Waals surface area contributed by atoms with Crippen LogP contribution < -0.4 is 10.2 Å². The van der Waals surface area contributed by atoms with Crippen molar-refractivity contribution in [2.75, 3.05) is 5.75 Å². The summed E-state index contributed by atoms with van der Waals surface area (Å²) in [6.45, 7) is 0. The molecular weight excluding hydrogens is 272 g/mol. The van der Waals surface area contributed by atoms with Gasteiger partial charge in [-0.15, -0.1) is 16.9 Å². The van der Waals surface area contributed by atoms with Crippen LogP contribution in [0.2, 0.25) is 0 Å². The van der Waals surface area contributed by atoms with E-state index >= 15 is 0 Å². The molecule has 5 heteroatoms. The fourth-order valence-electron chi connectivity index (χ4n) is 1.79. The lowest BCUT2D eigenvalue weighted by molar-refractivity contribution is 0.0955. The standard InChI is InChI=1S/C15H12N2O2S/c18-15-12-8-4-5-9-13(12)19-14(16-17-15)10-20-11-6-2-1-3-7-11/h1-9H,10H2,(H,17,18). The van der Waals surface area contributed by atoms with Gasteiger partial charge in [0.05, 0.1) is 11.3 Å². The minimum Gasteiger partial charge on any atom is -0.440 e. The van der Waals surface area contributed by atoms with Gasteiger partial charge in [0.2, 0.25) is 5.90 Å². The maximum atomic E-state index is 11.8. The fraction of sp³-hybridized carbons (Fsp3) is 0.0667. The van der Waals surface area contributed by atoms with E-state index in [4.69, 9.17) is 4.74 Å². The molecule has 0 atom stereocenters. The van der Waals surface area contributed by atoms with E-state index in [9.17, 15) is 4.79 Å². The zero-order valence-electron chi connectivity index (χ0n) is 10.6. The Morgan fingerprint density at radius 3 is 2.65 bits per heavy atom. The number of para-hydroxylation sites is 1. The Morgan fingerprint density at radius 1 is 1.05 bits per heavy atom. The average molecular weight is 284 g/mol. The van der Waals surface area contributed by atoms with Crippen LogP contribution in [0.4, 0.5) is 0 Å². The van der Waals surface area contributed by atoms with E-state index in [1.54, 1.807) is 30.0 Å². The second-order valence-electron chi connectivity index (χ2n) is 4.15. The molecule has 1 aliphatic rings. The Bertz CT molecular complexity index is 656. The third-order valence-electron chi connectivity index (χ3n) is 2.75. The normalized spacial score (nSPS) is 13.6. The Morgan fingerprint density at radius 2 is 1.80 bits per heavy atom. The summed E-state index contributed by atoms with van der Waals surface area (Å²) >= 11 is 1.61. The highest BCUT2D eigenvalue weighted by Crippen LogP contribution is 2.22. The van der Waals surface area contributed by atoms with Gasteiger partial charge in [0.15, 0.2) is 0 Å². The number of nitrogens with zero attached hydrogens (tertiary/aromatic N) is 1. The largest absolute Gasteiger partial charge is 0.440 e. The number of nitrogens with one attached hydrogen (secondary N) is 1. The summed E-state index contributed by atoms with van der Waals surface area (Å²) in [4.78, 5) is 12.9. The van der Waals surface area contributed by atoms with E-state index in [1.807, 2.05) is 36.4 Å². The Labute approximate surface area is 120 Å². The molecule has 1 N–H and O–H groups in total. The topological polar surface area (TPSA) is 50.7 Å². The molecule has 0 bridgehead atoms. The molecular formula is C15H12N2O2S. The van der Waals surface area contributed by atoms with Crippen LogP contribution in [0.25, 0.3) is 0 Å². The minimum absolute atomic E-state index is 0.250. The monoisotopic (exact) mass is 284 g/mol. The number of carbonyl (C=O) groups is 1. The van der Waals surface area contributed by atoms with E-state index in [0.29, 0.717) is 23.0 Å². The third kappa shape index (κ3) is 2.83. The van der Waals surface area contributed by atoms with Crippen molar-refractivity contribution < 1.29 is 9.53 Å². The molecule has 1 heterocycles. The summed E-state index contributed by atoms with van der Waals surface area (Å²) in [6, 6.07) is 17.1. The minimum atomic E-state index is -0.250. The summed E-state index contributed by atoms with van der Waals surface area (Å²) in [5, 5.41) is 4.01. The summed E-state index contributed by atoms with van der Waals surface area (Å²) in [7, 11) is 0. The molecule has 0 radical (unpaired) electrons. The molecule has 0 fully saturated rings. The molecule has 0 aromatic heterocycles. The number of fused-ring (bicyclic) bond motifs is 1. The summed E-state index contributed by atoms with van der Waals surface area (Å²) in [5.74, 6) is 1.32. The molecule has 1 amide bonds. The van der Waals surface area contributed by atoms with Crippen LogP contribution in [-0.4, -0.2) is 17.6 Å². The molecule has 2 aromatic carbocycles. The maximum Gasteiger partial charge on any atom is 0.275 e. The highest BCUT2D eigenvalue weighted by Gasteiger charge is 2.18. The van der Waals surface area contributed by atoms with Gasteiger partial charge in [0.25, 0.3) is 5.91 Å². The first kappa shape index (κ1) is 12.7. The maximum absolute atomic E-state index is 11.8. The van der Waals surface area contributed by atoms with Crippen molar-refractivity contribution in [3.05, 3.63) is 60.2 Å². The Hall–Kier alpha value is -2.27. The summed E-state index contributed by atoms with van der Waals surface area (Å²) < 4.78 is 5.69. The predicted molar refractivity (Wildman–Crippen MR) is 79.1 cm³/mol. The van der Waals surface area contributed by atoms with Crippen molar-refractivity contribution in [3.63, 3.8) is 0 Å². The molecule has 0 unspecified atom stereocenters. The van der Waals surface area contributed by atoms with Crippen LogP contribution in [0.5, 0.6) is 5.75 Å².